The van der Waals surface area contributed by atoms with Crippen LogP contribution in [-0.4, -0.2) is 16.0 Å². The van der Waals surface area contributed by atoms with Gasteiger partial charge in [0.15, 0.2) is 11.2 Å². The highest BCUT2D eigenvalue weighted by molar-refractivity contribution is 6.10. The lowest BCUT2D eigenvalue weighted by Gasteiger charge is -2.22. The number of amides is 1. The third-order valence-corrected chi connectivity index (χ3v) is 5.31. The predicted octanol–water partition coefficient (Wildman–Crippen LogP) is 4.06. The number of nitro groups is 1. The molecule has 5 rings (SSSR count). The summed E-state index contributed by atoms with van der Waals surface area (Å²) in [5.41, 5.74) is 1.43. The van der Waals surface area contributed by atoms with Crippen LogP contribution >= 0.6 is 0 Å². The maximum atomic E-state index is 13.5. The number of aromatic nitrogens is 1. The van der Waals surface area contributed by atoms with E-state index in [2.05, 4.69) is 5.16 Å². The van der Waals surface area contributed by atoms with Crippen molar-refractivity contribution in [1.82, 2.24) is 5.16 Å². The third-order valence-electron chi connectivity index (χ3n) is 5.31. The summed E-state index contributed by atoms with van der Waals surface area (Å²) < 4.78 is 11.0. The van der Waals surface area contributed by atoms with E-state index >= 15 is 0 Å². The van der Waals surface area contributed by atoms with Crippen LogP contribution < -0.4 is 10.3 Å². The zero-order valence-corrected chi connectivity index (χ0v) is 16.5. The van der Waals surface area contributed by atoms with Crippen LogP contribution in [0.4, 0.5) is 11.5 Å². The number of rotatable bonds is 3. The minimum absolute atomic E-state index is 0.0784. The zero-order valence-electron chi connectivity index (χ0n) is 16.5. The molecule has 0 aliphatic carbocycles. The molecule has 2 aromatic carbocycles. The molecule has 1 aliphatic rings. The molecule has 0 saturated heterocycles. The summed E-state index contributed by atoms with van der Waals surface area (Å²) in [6.45, 7) is 3.54. The second-order valence-corrected chi connectivity index (χ2v) is 7.40. The molecule has 9 heteroatoms. The number of aryl methyl sites for hydroxylation is 2. The van der Waals surface area contributed by atoms with Crippen molar-refractivity contribution in [1.29, 1.82) is 0 Å². The molecular weight excluding hydrogens is 402 g/mol. The Morgan fingerprint density at radius 1 is 1.06 bits per heavy atom. The maximum Gasteiger partial charge on any atom is 0.296 e. The minimum atomic E-state index is -0.867. The molecule has 31 heavy (non-hydrogen) atoms. The Morgan fingerprint density at radius 3 is 2.45 bits per heavy atom. The summed E-state index contributed by atoms with van der Waals surface area (Å²) >= 11 is 0. The fourth-order valence-corrected chi connectivity index (χ4v) is 3.88. The van der Waals surface area contributed by atoms with E-state index < -0.39 is 16.9 Å². The molecule has 1 aliphatic heterocycles. The summed E-state index contributed by atoms with van der Waals surface area (Å²) in [4.78, 5) is 38.7. The Morgan fingerprint density at radius 2 is 1.81 bits per heavy atom. The standard InChI is InChI=1S/C22H15N3O6/c1-11-3-8-16-15(9-11)20(26)18-19(13-4-6-14(7-5-13)25(28)29)24(22(27)21(18)30-16)17-10-12(2)31-23-17/h3-10,19H,1-2H3. The Bertz CT molecular complexity index is 1430. The number of nitrogens with zero attached hydrogens (tertiary/aromatic N) is 3. The monoisotopic (exact) mass is 417 g/mol. The average Bonchev–Trinajstić information content (AvgIpc) is 3.30. The lowest BCUT2D eigenvalue weighted by Crippen LogP contribution is -2.29. The maximum absolute atomic E-state index is 13.5. The van der Waals surface area contributed by atoms with Crippen LogP contribution in [0.1, 0.15) is 39.0 Å². The topological polar surface area (TPSA) is 120 Å². The summed E-state index contributed by atoms with van der Waals surface area (Å²) in [5, 5.41) is 15.4. The quantitative estimate of drug-likeness (QED) is 0.364. The van der Waals surface area contributed by atoms with Crippen molar-refractivity contribution in [3.63, 3.8) is 0 Å². The summed E-state index contributed by atoms with van der Waals surface area (Å²) in [6, 6.07) is 11.6. The van der Waals surface area contributed by atoms with Gasteiger partial charge in [0.2, 0.25) is 5.76 Å². The largest absolute Gasteiger partial charge is 0.450 e. The molecule has 1 atom stereocenters. The van der Waals surface area contributed by atoms with E-state index in [0.29, 0.717) is 22.3 Å². The van der Waals surface area contributed by atoms with Gasteiger partial charge >= 0.3 is 0 Å². The van der Waals surface area contributed by atoms with Crippen LogP contribution in [-0.2, 0) is 0 Å². The molecule has 0 spiro atoms. The molecule has 0 saturated carbocycles. The molecular formula is C22H15N3O6. The van der Waals surface area contributed by atoms with Crippen molar-refractivity contribution < 1.29 is 18.7 Å². The molecule has 0 fully saturated rings. The first-order chi connectivity index (χ1) is 14.8. The predicted molar refractivity (Wildman–Crippen MR) is 110 cm³/mol. The second kappa shape index (κ2) is 6.63. The Hall–Kier alpha value is -4.27. The fourth-order valence-electron chi connectivity index (χ4n) is 3.88. The highest BCUT2D eigenvalue weighted by Crippen LogP contribution is 2.41. The zero-order chi connectivity index (χ0) is 21.9. The number of non-ortho nitro benzene ring substituents is 1. The highest BCUT2D eigenvalue weighted by atomic mass is 16.6. The van der Waals surface area contributed by atoms with Crippen LogP contribution in [0.15, 0.2) is 62.3 Å². The first-order valence-electron chi connectivity index (χ1n) is 9.44. The van der Waals surface area contributed by atoms with Crippen LogP contribution in [0, 0.1) is 24.0 Å². The van der Waals surface area contributed by atoms with Gasteiger partial charge in [0, 0.05) is 18.2 Å². The van der Waals surface area contributed by atoms with Gasteiger partial charge in [0.05, 0.1) is 21.9 Å². The van der Waals surface area contributed by atoms with Gasteiger partial charge in [0.1, 0.15) is 11.3 Å². The van der Waals surface area contributed by atoms with Gasteiger partial charge in [-0.2, -0.15) is 0 Å². The van der Waals surface area contributed by atoms with Gasteiger partial charge in [-0.05, 0) is 43.7 Å². The van der Waals surface area contributed by atoms with Gasteiger partial charge in [-0.25, -0.2) is 0 Å². The van der Waals surface area contributed by atoms with E-state index in [1.807, 2.05) is 6.92 Å². The summed E-state index contributed by atoms with van der Waals surface area (Å²) in [5.74, 6) is 0.0924. The Labute approximate surface area is 174 Å². The first kappa shape index (κ1) is 18.7. The average molecular weight is 417 g/mol. The molecule has 1 unspecified atom stereocenters. The molecule has 0 bridgehead atoms. The van der Waals surface area contributed by atoms with Crippen LogP contribution in [0.3, 0.4) is 0 Å². The molecule has 1 amide bonds. The van der Waals surface area contributed by atoms with E-state index in [-0.39, 0.29) is 28.3 Å². The van der Waals surface area contributed by atoms with E-state index in [0.717, 1.165) is 5.56 Å². The van der Waals surface area contributed by atoms with Crippen molar-refractivity contribution >= 4 is 28.4 Å². The molecule has 0 radical (unpaired) electrons. The smallest absolute Gasteiger partial charge is 0.296 e. The first-order valence-corrected chi connectivity index (χ1v) is 9.44. The highest BCUT2D eigenvalue weighted by Gasteiger charge is 2.45. The van der Waals surface area contributed by atoms with Crippen molar-refractivity contribution in [2.45, 2.75) is 19.9 Å². The van der Waals surface area contributed by atoms with Gasteiger partial charge in [0.25, 0.3) is 11.6 Å². The van der Waals surface area contributed by atoms with Gasteiger partial charge in [-0.3, -0.25) is 24.6 Å². The number of hydrogen-bond acceptors (Lipinski definition) is 7. The van der Waals surface area contributed by atoms with Crippen LogP contribution in [0.2, 0.25) is 0 Å². The van der Waals surface area contributed by atoms with Crippen LogP contribution in [0.25, 0.3) is 11.0 Å². The summed E-state index contributed by atoms with van der Waals surface area (Å²) in [6.07, 6.45) is 0. The molecule has 9 nitrogen and oxygen atoms in total. The van der Waals surface area contributed by atoms with Crippen molar-refractivity contribution in [2.24, 2.45) is 0 Å². The van der Waals surface area contributed by atoms with Gasteiger partial charge in [-0.1, -0.05) is 16.8 Å². The fraction of sp³-hybridized carbons (Fsp3) is 0.136. The normalized spacial score (nSPS) is 15.5. The van der Waals surface area contributed by atoms with Gasteiger partial charge in [-0.15, -0.1) is 0 Å². The number of carbonyl (C=O) groups excluding carboxylic acids is 1. The minimum Gasteiger partial charge on any atom is -0.450 e. The molecule has 0 N–H and O–H groups in total. The Balaban J connectivity index is 1.79. The van der Waals surface area contributed by atoms with Crippen molar-refractivity contribution in [2.75, 3.05) is 4.90 Å². The van der Waals surface area contributed by atoms with E-state index in [9.17, 15) is 19.7 Å². The van der Waals surface area contributed by atoms with Crippen molar-refractivity contribution in [3.05, 3.63) is 97.1 Å². The molecule has 154 valence electrons. The summed E-state index contributed by atoms with van der Waals surface area (Å²) in [7, 11) is 0. The molecule has 2 aromatic heterocycles. The third kappa shape index (κ3) is 2.82. The number of anilines is 1. The molecule has 4 aromatic rings. The second-order valence-electron chi connectivity index (χ2n) is 7.40. The van der Waals surface area contributed by atoms with E-state index in [1.54, 1.807) is 31.2 Å². The lowest BCUT2D eigenvalue weighted by atomic mass is 9.98. The van der Waals surface area contributed by atoms with Crippen molar-refractivity contribution in [3.8, 4) is 0 Å². The van der Waals surface area contributed by atoms with Crippen LogP contribution in [0.5, 0.6) is 0 Å². The van der Waals surface area contributed by atoms with E-state index in [1.165, 1.54) is 29.2 Å². The number of hydrogen-bond donors (Lipinski definition) is 0. The SMILES string of the molecule is Cc1ccc2oc3c(c(=O)c2c1)C(c1ccc([N+](=O)[O-])cc1)N(c1cc(C)on1)C3=O. The Kier molecular flexibility index (Phi) is 4.01. The number of nitro benzene ring substituents is 1. The lowest BCUT2D eigenvalue weighted by molar-refractivity contribution is -0.384. The van der Waals surface area contributed by atoms with Gasteiger partial charge < -0.3 is 8.94 Å². The molecule has 3 heterocycles. The number of fused-ring (bicyclic) bond motifs is 2. The number of benzene rings is 2. The van der Waals surface area contributed by atoms with E-state index in [4.69, 9.17) is 8.94 Å². The number of carbonyl (C=O) groups is 1.